The molecular formula is C78H51N5. The van der Waals surface area contributed by atoms with Crippen LogP contribution in [0.1, 0.15) is 25.0 Å². The Hall–Kier alpha value is -10.8. The molecule has 0 amide bonds. The number of hydrogen-bond acceptors (Lipinski definition) is 3. The number of aromatic nitrogens is 5. The van der Waals surface area contributed by atoms with Crippen molar-refractivity contribution in [1.82, 2.24) is 24.1 Å². The fourth-order valence-electron chi connectivity index (χ4n) is 13.9. The third kappa shape index (κ3) is 7.17. The van der Waals surface area contributed by atoms with Crippen LogP contribution in [0.5, 0.6) is 0 Å². The van der Waals surface area contributed by atoms with E-state index in [9.17, 15) is 0 Å². The van der Waals surface area contributed by atoms with Gasteiger partial charge < -0.3 is 4.57 Å². The van der Waals surface area contributed by atoms with Crippen molar-refractivity contribution in [3.05, 3.63) is 284 Å². The van der Waals surface area contributed by atoms with Crippen LogP contribution in [0.25, 0.3) is 156 Å². The van der Waals surface area contributed by atoms with Gasteiger partial charge in [0.25, 0.3) is 0 Å². The lowest BCUT2D eigenvalue weighted by atomic mass is 9.80. The van der Waals surface area contributed by atoms with Crippen molar-refractivity contribution >= 4 is 43.6 Å². The summed E-state index contributed by atoms with van der Waals surface area (Å²) in [5, 5.41) is 4.66. The molecule has 388 valence electrons. The van der Waals surface area contributed by atoms with Gasteiger partial charge in [-0.2, -0.15) is 9.97 Å². The Morgan fingerprint density at radius 1 is 0.277 bits per heavy atom. The average Bonchev–Trinajstić information content (AvgIpc) is 3.07. The molecule has 2 aliphatic carbocycles. The van der Waals surface area contributed by atoms with Crippen LogP contribution >= 0.6 is 0 Å². The number of fused-ring (bicyclic) bond motifs is 18. The third-order valence-electron chi connectivity index (χ3n) is 17.7. The van der Waals surface area contributed by atoms with Crippen molar-refractivity contribution < 1.29 is 0 Å². The highest BCUT2D eigenvalue weighted by Gasteiger charge is 2.36. The number of rotatable bonds is 6. The third-order valence-corrected chi connectivity index (χ3v) is 17.7. The van der Waals surface area contributed by atoms with Gasteiger partial charge in [-0.3, -0.25) is 4.57 Å². The molecule has 0 N–H and O–H groups in total. The predicted molar refractivity (Wildman–Crippen MR) is 343 cm³/mol. The molecule has 0 atom stereocenters. The number of para-hydroxylation sites is 1. The molecular weight excluding hydrogens is 1010 g/mol. The van der Waals surface area contributed by atoms with E-state index in [4.69, 9.17) is 15.0 Å². The van der Waals surface area contributed by atoms with Crippen molar-refractivity contribution in [2.24, 2.45) is 0 Å². The number of nitrogens with zero attached hydrogens (tertiary/aromatic N) is 5. The number of benzene rings is 12. The van der Waals surface area contributed by atoms with Gasteiger partial charge in [-0.1, -0.05) is 232 Å². The molecule has 0 saturated heterocycles. The van der Waals surface area contributed by atoms with Gasteiger partial charge >= 0.3 is 0 Å². The van der Waals surface area contributed by atoms with E-state index in [2.05, 4.69) is 290 Å². The van der Waals surface area contributed by atoms with E-state index < -0.39 is 0 Å². The zero-order valence-corrected chi connectivity index (χ0v) is 45.7. The standard InChI is InChI=1S/C78H51N5/c1-78(2)68-36-19-18-34-60(68)64-46-67-66-45-52(37-41-70(66)82(72(67)47-69(64)78)54-27-10-5-11-28-54)51-38-42-71-65(44-51)63-40-39-62-59-33-15-14-31-57(59)55-29-12-13-30-56(55)58-32-16-17-35-61(58)73(62)74(63)83(71)77-80-75(49-23-8-4-9-24-49)79-76(81-77)53-26-20-25-50(43-53)48-21-6-3-7-22-48/h3-47H,1-2H3. The van der Waals surface area contributed by atoms with Crippen LogP contribution in [0.4, 0.5) is 0 Å². The van der Waals surface area contributed by atoms with Crippen LogP contribution in [0.15, 0.2) is 273 Å². The molecule has 5 nitrogen and oxygen atoms in total. The molecule has 5 heteroatoms. The average molecular weight is 1060 g/mol. The first-order chi connectivity index (χ1) is 40.9. The Bertz CT molecular complexity index is 5160. The van der Waals surface area contributed by atoms with E-state index in [1.807, 2.05) is 6.07 Å². The molecule has 83 heavy (non-hydrogen) atoms. The van der Waals surface area contributed by atoms with E-state index >= 15 is 0 Å². The smallest absolute Gasteiger partial charge is 0.238 e. The molecule has 0 unspecified atom stereocenters. The van der Waals surface area contributed by atoms with Gasteiger partial charge in [0.05, 0.1) is 22.1 Å². The molecule has 12 aromatic carbocycles. The SMILES string of the molecule is CC1(C)c2ccccc2-c2cc3c4cc(-c5ccc6c(c5)c5ccc7c(c5n6-c5nc(-c6ccccc6)nc(-c6cccc(-c8ccccc8)c6)n5)-c5ccccc5-c5ccccc5-c5ccccc5-7)ccc4n(-c4ccccc4)c3cc21. The highest BCUT2D eigenvalue weighted by atomic mass is 15.2. The van der Waals surface area contributed by atoms with Gasteiger partial charge in [0.1, 0.15) is 0 Å². The summed E-state index contributed by atoms with van der Waals surface area (Å²) in [5.41, 5.74) is 26.4. The Morgan fingerprint density at radius 3 is 1.42 bits per heavy atom. The van der Waals surface area contributed by atoms with Crippen LogP contribution in [-0.2, 0) is 5.41 Å². The van der Waals surface area contributed by atoms with Crippen molar-refractivity contribution in [2.45, 2.75) is 19.3 Å². The fourth-order valence-corrected chi connectivity index (χ4v) is 13.9. The monoisotopic (exact) mass is 1060 g/mol. The van der Waals surface area contributed by atoms with Crippen LogP contribution in [0, 0.1) is 0 Å². The first-order valence-corrected chi connectivity index (χ1v) is 28.6. The summed E-state index contributed by atoms with van der Waals surface area (Å²) in [4.78, 5) is 16.4. The minimum atomic E-state index is -0.134. The second-order valence-electron chi connectivity index (χ2n) is 22.7. The van der Waals surface area contributed by atoms with Gasteiger partial charge in [0.2, 0.25) is 5.95 Å². The van der Waals surface area contributed by atoms with Gasteiger partial charge in [0.15, 0.2) is 11.6 Å². The summed E-state index contributed by atoms with van der Waals surface area (Å²) in [6.07, 6.45) is 0. The molecule has 0 fully saturated rings. The highest BCUT2D eigenvalue weighted by Crippen LogP contribution is 2.54. The Kier molecular flexibility index (Phi) is 10.3. The Balaban J connectivity index is 0.952. The van der Waals surface area contributed by atoms with Crippen LogP contribution in [0.2, 0.25) is 0 Å². The molecule has 0 spiro atoms. The Morgan fingerprint density at radius 2 is 0.759 bits per heavy atom. The summed E-state index contributed by atoms with van der Waals surface area (Å²) < 4.78 is 4.78. The lowest BCUT2D eigenvalue weighted by Gasteiger charge is -2.24. The molecule has 0 aliphatic heterocycles. The van der Waals surface area contributed by atoms with Gasteiger partial charge in [-0.05, 0) is 138 Å². The maximum absolute atomic E-state index is 5.59. The minimum absolute atomic E-state index is 0.134. The predicted octanol–water partition coefficient (Wildman–Crippen LogP) is 20.0. The maximum Gasteiger partial charge on any atom is 0.238 e. The van der Waals surface area contributed by atoms with Crippen molar-refractivity contribution in [1.29, 1.82) is 0 Å². The minimum Gasteiger partial charge on any atom is -0.309 e. The molecule has 0 bridgehead atoms. The van der Waals surface area contributed by atoms with Crippen molar-refractivity contribution in [2.75, 3.05) is 0 Å². The molecule has 15 aromatic rings. The van der Waals surface area contributed by atoms with E-state index in [1.54, 1.807) is 0 Å². The molecule has 2 aliphatic rings. The lowest BCUT2D eigenvalue weighted by molar-refractivity contribution is 0.661. The van der Waals surface area contributed by atoms with E-state index in [0.717, 1.165) is 77.6 Å². The molecule has 0 saturated carbocycles. The van der Waals surface area contributed by atoms with E-state index in [-0.39, 0.29) is 5.41 Å². The molecule has 0 radical (unpaired) electrons. The van der Waals surface area contributed by atoms with Gasteiger partial charge in [-0.15, -0.1) is 0 Å². The first-order valence-electron chi connectivity index (χ1n) is 28.6. The van der Waals surface area contributed by atoms with E-state index in [1.165, 1.54) is 71.9 Å². The zero-order valence-electron chi connectivity index (χ0n) is 45.7. The first kappa shape index (κ1) is 47.1. The summed E-state index contributed by atoms with van der Waals surface area (Å²) >= 11 is 0. The lowest BCUT2D eigenvalue weighted by Crippen LogP contribution is -2.14. The van der Waals surface area contributed by atoms with Gasteiger partial charge in [0, 0.05) is 49.3 Å². The molecule has 17 rings (SSSR count). The quantitative estimate of drug-likeness (QED) is 0.167. The normalized spacial score (nSPS) is 12.8. The van der Waals surface area contributed by atoms with Crippen molar-refractivity contribution in [3.63, 3.8) is 0 Å². The maximum atomic E-state index is 5.59. The van der Waals surface area contributed by atoms with Crippen LogP contribution in [-0.4, -0.2) is 24.1 Å². The topological polar surface area (TPSA) is 48.5 Å². The second kappa shape index (κ2) is 18.1. The molecule has 3 heterocycles. The van der Waals surface area contributed by atoms with Crippen LogP contribution in [0.3, 0.4) is 0 Å². The fraction of sp³-hybridized carbons (Fsp3) is 0.0385. The second-order valence-corrected chi connectivity index (χ2v) is 22.7. The summed E-state index contributed by atoms with van der Waals surface area (Å²) in [7, 11) is 0. The largest absolute Gasteiger partial charge is 0.309 e. The summed E-state index contributed by atoms with van der Waals surface area (Å²) in [6, 6.07) is 99.5. The summed E-state index contributed by atoms with van der Waals surface area (Å²) in [6.45, 7) is 4.74. The van der Waals surface area contributed by atoms with Crippen molar-refractivity contribution in [3.8, 4) is 112 Å². The Labute approximate surface area is 480 Å². The molecule has 3 aromatic heterocycles. The summed E-state index contributed by atoms with van der Waals surface area (Å²) in [5.74, 6) is 1.74. The zero-order chi connectivity index (χ0) is 54.9. The highest BCUT2D eigenvalue weighted by molar-refractivity contribution is 6.20. The number of hydrogen-bond donors (Lipinski definition) is 0. The van der Waals surface area contributed by atoms with E-state index in [0.29, 0.717) is 17.6 Å². The van der Waals surface area contributed by atoms with Gasteiger partial charge in [-0.25, -0.2) is 4.98 Å². The van der Waals surface area contributed by atoms with Crippen LogP contribution < -0.4 is 0 Å².